The zero-order chi connectivity index (χ0) is 22.0. The highest BCUT2D eigenvalue weighted by molar-refractivity contribution is 6.06. The van der Waals surface area contributed by atoms with Gasteiger partial charge in [-0.25, -0.2) is 0 Å². The Labute approximate surface area is 189 Å². The summed E-state index contributed by atoms with van der Waals surface area (Å²) >= 11 is 0. The van der Waals surface area contributed by atoms with Gasteiger partial charge in [-0.2, -0.15) is 0 Å². The summed E-state index contributed by atoms with van der Waals surface area (Å²) in [5.74, 6) is -0.152. The van der Waals surface area contributed by atoms with Gasteiger partial charge in [-0.05, 0) is 79.8 Å². The molecular weight excluding hydrogens is 396 g/mol. The summed E-state index contributed by atoms with van der Waals surface area (Å²) in [6.07, 6.45) is 4.97. The van der Waals surface area contributed by atoms with Crippen LogP contribution in [-0.4, -0.2) is 31.1 Å². The number of nitrogen functional groups attached to an aromatic ring is 1. The second-order valence-electron chi connectivity index (χ2n) is 8.97. The Bertz CT molecular complexity index is 1080. The number of hydrogen-bond donors (Lipinski definition) is 3. The molecule has 1 spiro atoms. The smallest absolute Gasteiger partial charge is 0.255 e. The van der Waals surface area contributed by atoms with Crippen molar-refractivity contribution in [2.45, 2.75) is 31.2 Å². The van der Waals surface area contributed by atoms with E-state index >= 15 is 0 Å². The average molecular weight is 427 g/mol. The molecule has 5 heteroatoms. The van der Waals surface area contributed by atoms with E-state index in [1.54, 1.807) is 0 Å². The van der Waals surface area contributed by atoms with Gasteiger partial charge in [0.15, 0.2) is 0 Å². The van der Waals surface area contributed by atoms with Crippen molar-refractivity contribution in [3.63, 3.8) is 0 Å². The summed E-state index contributed by atoms with van der Waals surface area (Å²) in [6, 6.07) is 23.7. The van der Waals surface area contributed by atoms with E-state index in [1.165, 1.54) is 31.4 Å². The van der Waals surface area contributed by atoms with Crippen LogP contribution in [0.3, 0.4) is 0 Å². The summed E-state index contributed by atoms with van der Waals surface area (Å²) in [4.78, 5) is 15.3. The molecule has 0 aliphatic carbocycles. The predicted octanol–water partition coefficient (Wildman–Crippen LogP) is 4.91. The predicted molar refractivity (Wildman–Crippen MR) is 132 cm³/mol. The highest BCUT2D eigenvalue weighted by Gasteiger charge is 2.36. The summed E-state index contributed by atoms with van der Waals surface area (Å²) < 4.78 is 0. The first-order valence-corrected chi connectivity index (χ1v) is 11.5. The van der Waals surface area contributed by atoms with E-state index in [4.69, 9.17) is 5.73 Å². The zero-order valence-electron chi connectivity index (χ0n) is 18.3. The second kappa shape index (κ2) is 8.67. The van der Waals surface area contributed by atoms with Crippen LogP contribution in [0.15, 0.2) is 72.8 Å². The monoisotopic (exact) mass is 426 g/mol. The largest absolute Gasteiger partial charge is 0.397 e. The van der Waals surface area contributed by atoms with Gasteiger partial charge in [-0.3, -0.25) is 4.79 Å². The molecule has 3 aromatic carbocycles. The summed E-state index contributed by atoms with van der Waals surface area (Å²) in [6.45, 7) is 3.27. The van der Waals surface area contributed by atoms with Gasteiger partial charge in [0.2, 0.25) is 0 Å². The van der Waals surface area contributed by atoms with Crippen LogP contribution in [0.4, 0.5) is 17.1 Å². The topological polar surface area (TPSA) is 70.4 Å². The number of rotatable bonds is 4. The second-order valence-corrected chi connectivity index (χ2v) is 8.97. The van der Waals surface area contributed by atoms with Crippen LogP contribution < -0.4 is 21.3 Å². The normalized spacial score (nSPS) is 17.4. The Balaban J connectivity index is 1.26. The van der Waals surface area contributed by atoms with Crippen molar-refractivity contribution in [1.29, 1.82) is 0 Å². The molecule has 0 unspecified atom stereocenters. The lowest BCUT2D eigenvalue weighted by Gasteiger charge is -2.40. The Morgan fingerprint density at radius 3 is 2.34 bits per heavy atom. The van der Waals surface area contributed by atoms with Crippen molar-refractivity contribution < 1.29 is 4.79 Å². The lowest BCUT2D eigenvalue weighted by molar-refractivity contribution is 0.102. The molecule has 0 atom stereocenters. The SMILES string of the molecule is Nc1ccc(-c2ccccc2)cc1NC(=O)c1ccc(N2CCC3(CCCN3)CC2)cc1. The Kier molecular flexibility index (Phi) is 5.58. The number of nitrogens with two attached hydrogens (primary N) is 1. The maximum atomic E-state index is 12.9. The quantitative estimate of drug-likeness (QED) is 0.519. The molecule has 2 fully saturated rings. The van der Waals surface area contributed by atoms with Gasteiger partial charge in [-0.15, -0.1) is 0 Å². The molecule has 5 nitrogen and oxygen atoms in total. The molecule has 4 N–H and O–H groups in total. The van der Waals surface area contributed by atoms with Crippen LogP contribution in [0.5, 0.6) is 0 Å². The molecule has 32 heavy (non-hydrogen) atoms. The molecule has 0 aromatic heterocycles. The number of hydrogen-bond acceptors (Lipinski definition) is 4. The van der Waals surface area contributed by atoms with Crippen molar-refractivity contribution in [3.8, 4) is 11.1 Å². The van der Waals surface area contributed by atoms with Gasteiger partial charge in [0.1, 0.15) is 0 Å². The van der Waals surface area contributed by atoms with Crippen LogP contribution in [0.1, 0.15) is 36.0 Å². The first kappa shape index (κ1) is 20.6. The van der Waals surface area contributed by atoms with Gasteiger partial charge in [-0.1, -0.05) is 36.4 Å². The molecular formula is C27H30N4O. The molecule has 2 aliphatic rings. The van der Waals surface area contributed by atoms with E-state index < -0.39 is 0 Å². The molecule has 3 aromatic rings. The van der Waals surface area contributed by atoms with Gasteiger partial charge >= 0.3 is 0 Å². The lowest BCUT2D eigenvalue weighted by atomic mass is 9.86. The van der Waals surface area contributed by atoms with E-state index in [2.05, 4.69) is 27.7 Å². The lowest BCUT2D eigenvalue weighted by Crippen LogP contribution is -2.50. The number of nitrogens with zero attached hydrogens (tertiary/aromatic N) is 1. The molecule has 5 rings (SSSR count). The van der Waals surface area contributed by atoms with Crippen molar-refractivity contribution >= 4 is 23.0 Å². The fourth-order valence-corrected chi connectivity index (χ4v) is 4.98. The number of benzene rings is 3. The highest BCUT2D eigenvalue weighted by atomic mass is 16.1. The van der Waals surface area contributed by atoms with Crippen molar-refractivity contribution in [2.75, 3.05) is 35.6 Å². The van der Waals surface area contributed by atoms with Crippen LogP contribution >= 0.6 is 0 Å². The van der Waals surface area contributed by atoms with E-state index in [0.29, 0.717) is 22.5 Å². The van der Waals surface area contributed by atoms with Gasteiger partial charge in [0.25, 0.3) is 5.91 Å². The van der Waals surface area contributed by atoms with Gasteiger partial charge in [0.05, 0.1) is 11.4 Å². The van der Waals surface area contributed by atoms with Crippen LogP contribution in [-0.2, 0) is 0 Å². The van der Waals surface area contributed by atoms with Crippen LogP contribution in [0, 0.1) is 0 Å². The fourth-order valence-electron chi connectivity index (χ4n) is 4.98. The Hall–Kier alpha value is -3.31. The molecule has 1 amide bonds. The molecule has 2 saturated heterocycles. The third-order valence-corrected chi connectivity index (χ3v) is 6.96. The molecule has 2 heterocycles. The summed E-state index contributed by atoms with van der Waals surface area (Å²) in [7, 11) is 0. The Morgan fingerprint density at radius 2 is 1.66 bits per heavy atom. The average Bonchev–Trinajstić information content (AvgIpc) is 3.29. The fraction of sp³-hybridized carbons (Fsp3) is 0.296. The molecule has 0 bridgehead atoms. The molecule has 0 saturated carbocycles. The summed E-state index contributed by atoms with van der Waals surface area (Å²) in [5, 5.41) is 6.70. The van der Waals surface area contributed by atoms with Gasteiger partial charge < -0.3 is 21.3 Å². The number of carbonyl (C=O) groups is 1. The molecule has 2 aliphatic heterocycles. The number of piperidine rings is 1. The Morgan fingerprint density at radius 1 is 0.906 bits per heavy atom. The van der Waals surface area contributed by atoms with E-state index in [1.807, 2.05) is 60.7 Å². The third-order valence-electron chi connectivity index (χ3n) is 6.96. The van der Waals surface area contributed by atoms with Crippen LogP contribution in [0.2, 0.25) is 0 Å². The third kappa shape index (κ3) is 4.21. The maximum Gasteiger partial charge on any atom is 0.255 e. The van der Waals surface area contributed by atoms with Crippen LogP contribution in [0.25, 0.3) is 11.1 Å². The minimum atomic E-state index is -0.152. The molecule has 0 radical (unpaired) electrons. The number of anilines is 3. The number of nitrogens with one attached hydrogen (secondary N) is 2. The standard InChI is InChI=1S/C27H30N4O/c28-24-12-9-22(20-5-2-1-3-6-20)19-25(24)30-26(32)21-7-10-23(11-8-21)31-17-14-27(15-18-31)13-4-16-29-27/h1-3,5-12,19,29H,4,13-18,28H2,(H,30,32). The van der Waals surface area contributed by atoms with E-state index in [9.17, 15) is 4.79 Å². The molecule has 164 valence electrons. The number of carbonyl (C=O) groups excluding carboxylic acids is 1. The minimum absolute atomic E-state index is 0.152. The summed E-state index contributed by atoms with van der Waals surface area (Å²) in [5.41, 5.74) is 11.6. The highest BCUT2D eigenvalue weighted by Crippen LogP contribution is 2.33. The van der Waals surface area contributed by atoms with Crippen molar-refractivity contribution in [1.82, 2.24) is 5.32 Å². The first-order valence-electron chi connectivity index (χ1n) is 11.5. The maximum absolute atomic E-state index is 12.9. The van der Waals surface area contributed by atoms with Crippen molar-refractivity contribution in [3.05, 3.63) is 78.4 Å². The van der Waals surface area contributed by atoms with E-state index in [-0.39, 0.29) is 5.91 Å². The van der Waals surface area contributed by atoms with E-state index in [0.717, 1.165) is 30.8 Å². The minimum Gasteiger partial charge on any atom is -0.397 e. The zero-order valence-corrected chi connectivity index (χ0v) is 18.3. The van der Waals surface area contributed by atoms with Gasteiger partial charge in [0, 0.05) is 29.9 Å². The van der Waals surface area contributed by atoms with Crippen molar-refractivity contribution in [2.24, 2.45) is 0 Å². The number of amides is 1. The first-order chi connectivity index (χ1) is 15.6.